The first-order valence-electron chi connectivity index (χ1n) is 10.7. The molecule has 0 aliphatic carbocycles. The van der Waals surface area contributed by atoms with Gasteiger partial charge in [0, 0.05) is 23.7 Å². The first-order valence-corrected chi connectivity index (χ1v) is 10.7. The molecule has 1 saturated heterocycles. The van der Waals surface area contributed by atoms with E-state index >= 15 is 0 Å². The number of nitriles is 1. The lowest BCUT2D eigenvalue weighted by atomic mass is 10.1. The first kappa shape index (κ1) is 22.1. The van der Waals surface area contributed by atoms with Crippen molar-refractivity contribution < 1.29 is 28.1 Å². The van der Waals surface area contributed by atoms with Gasteiger partial charge in [0.15, 0.2) is 5.82 Å². The second-order valence-corrected chi connectivity index (χ2v) is 7.62. The fourth-order valence-electron chi connectivity index (χ4n) is 3.31. The maximum atomic E-state index is 14.7. The van der Waals surface area contributed by atoms with Crippen LogP contribution in [0.1, 0.15) is 5.56 Å². The highest BCUT2D eigenvalue weighted by molar-refractivity contribution is 5.88. The highest BCUT2D eigenvalue weighted by atomic mass is 19.1. The second-order valence-electron chi connectivity index (χ2n) is 7.62. The van der Waals surface area contributed by atoms with Crippen LogP contribution in [0.25, 0.3) is 10.9 Å². The van der Waals surface area contributed by atoms with Crippen molar-refractivity contribution in [3.8, 4) is 29.1 Å². The third kappa shape index (κ3) is 5.29. The van der Waals surface area contributed by atoms with Crippen molar-refractivity contribution in [2.24, 2.45) is 0 Å². The molecular weight excluding hydrogens is 453 g/mol. The molecule has 174 valence electrons. The van der Waals surface area contributed by atoms with Crippen LogP contribution in [0, 0.1) is 17.1 Å². The van der Waals surface area contributed by atoms with Crippen molar-refractivity contribution in [3.05, 3.63) is 84.3 Å². The van der Waals surface area contributed by atoms with Gasteiger partial charge in [0.25, 0.3) is 0 Å². The number of pyridine rings is 1. The van der Waals surface area contributed by atoms with Gasteiger partial charge in [0.2, 0.25) is 0 Å². The monoisotopic (exact) mass is 471 g/mol. The summed E-state index contributed by atoms with van der Waals surface area (Å²) in [5.41, 5.74) is 0.806. The van der Waals surface area contributed by atoms with Crippen LogP contribution in [-0.2, 0) is 4.74 Å². The van der Waals surface area contributed by atoms with E-state index < -0.39 is 11.9 Å². The molecule has 8 nitrogen and oxygen atoms in total. The van der Waals surface area contributed by atoms with Crippen LogP contribution in [0.4, 0.5) is 14.9 Å². The number of carbonyl (C=O) groups is 1. The minimum absolute atomic E-state index is 0.0485. The van der Waals surface area contributed by atoms with E-state index in [2.05, 4.69) is 16.4 Å². The standard InChI is InChI=1S/C26H18FN3O5/c27-21-11-18(6-7-22(21)30-26(31)35-17-4-2-1-3-5-17)34-24-8-9-29-23-12-25(33-15-19-14-32-19)16(13-28)10-20(23)24/h1-12,19H,14-15H2,(H,30,31)/t19-/m1/s1. The molecule has 0 bridgehead atoms. The Morgan fingerprint density at radius 3 is 2.69 bits per heavy atom. The molecule has 5 rings (SSSR count). The zero-order valence-electron chi connectivity index (χ0n) is 18.2. The summed E-state index contributed by atoms with van der Waals surface area (Å²) in [5.74, 6) is 0.612. The average Bonchev–Trinajstić information content (AvgIpc) is 3.69. The molecule has 1 fully saturated rings. The zero-order valence-corrected chi connectivity index (χ0v) is 18.2. The Morgan fingerprint density at radius 2 is 1.94 bits per heavy atom. The number of rotatable bonds is 7. The van der Waals surface area contributed by atoms with Crippen molar-refractivity contribution in [2.45, 2.75) is 6.10 Å². The van der Waals surface area contributed by atoms with Crippen LogP contribution in [0.3, 0.4) is 0 Å². The van der Waals surface area contributed by atoms with Crippen LogP contribution >= 0.6 is 0 Å². The van der Waals surface area contributed by atoms with Crippen molar-refractivity contribution in [2.75, 3.05) is 18.5 Å². The Kier molecular flexibility index (Phi) is 6.11. The predicted molar refractivity (Wildman–Crippen MR) is 124 cm³/mol. The van der Waals surface area contributed by atoms with Crippen LogP contribution < -0.4 is 19.5 Å². The van der Waals surface area contributed by atoms with E-state index in [4.69, 9.17) is 18.9 Å². The lowest BCUT2D eigenvalue weighted by molar-refractivity contribution is 0.215. The third-order valence-electron chi connectivity index (χ3n) is 5.11. The number of nitrogens with one attached hydrogen (secondary N) is 1. The van der Waals surface area contributed by atoms with Crippen molar-refractivity contribution in [3.63, 3.8) is 0 Å². The Bertz CT molecular complexity index is 1430. The minimum atomic E-state index is -0.820. The van der Waals surface area contributed by atoms with Gasteiger partial charge < -0.3 is 18.9 Å². The molecule has 0 saturated carbocycles. The number of nitrogens with zero attached hydrogens (tertiary/aromatic N) is 2. The van der Waals surface area contributed by atoms with E-state index in [0.717, 1.165) is 6.07 Å². The number of hydrogen-bond donors (Lipinski definition) is 1. The summed E-state index contributed by atoms with van der Waals surface area (Å²) >= 11 is 0. The summed E-state index contributed by atoms with van der Waals surface area (Å²) in [5, 5.41) is 12.5. The topological polar surface area (TPSA) is 106 Å². The van der Waals surface area contributed by atoms with Crippen molar-refractivity contribution in [1.29, 1.82) is 5.26 Å². The molecule has 1 aromatic heterocycles. The number of anilines is 1. The van der Waals surface area contributed by atoms with Gasteiger partial charge in [0.1, 0.15) is 41.8 Å². The fourth-order valence-corrected chi connectivity index (χ4v) is 3.31. The molecule has 3 aromatic carbocycles. The lowest BCUT2D eigenvalue weighted by Crippen LogP contribution is -2.17. The van der Waals surface area contributed by atoms with Crippen LogP contribution in [0.5, 0.6) is 23.0 Å². The van der Waals surface area contributed by atoms with E-state index in [1.807, 2.05) is 0 Å². The van der Waals surface area contributed by atoms with Crippen molar-refractivity contribution >= 4 is 22.7 Å². The number of carbonyl (C=O) groups excluding carboxylic acids is 1. The maximum absolute atomic E-state index is 14.7. The van der Waals surface area contributed by atoms with E-state index in [-0.39, 0.29) is 17.5 Å². The normalized spacial score (nSPS) is 14.1. The van der Waals surface area contributed by atoms with E-state index in [9.17, 15) is 14.4 Å². The summed E-state index contributed by atoms with van der Waals surface area (Å²) in [6.07, 6.45) is 0.773. The maximum Gasteiger partial charge on any atom is 0.417 e. The third-order valence-corrected chi connectivity index (χ3v) is 5.11. The summed E-state index contributed by atoms with van der Waals surface area (Å²) in [6.45, 7) is 1.000. The molecule has 0 radical (unpaired) electrons. The second kappa shape index (κ2) is 9.67. The smallest absolute Gasteiger partial charge is 0.417 e. The zero-order chi connectivity index (χ0) is 24.2. The molecule has 0 unspecified atom stereocenters. The average molecular weight is 471 g/mol. The van der Waals surface area contributed by atoms with Gasteiger partial charge >= 0.3 is 6.09 Å². The summed E-state index contributed by atoms with van der Waals surface area (Å²) in [6, 6.07) is 19.5. The number of ether oxygens (including phenoxy) is 4. The molecular formula is C26H18FN3O5. The first-order chi connectivity index (χ1) is 17.1. The number of halogens is 1. The highest BCUT2D eigenvalue weighted by Crippen LogP contribution is 2.34. The van der Waals surface area contributed by atoms with Crippen LogP contribution in [-0.4, -0.2) is 30.4 Å². The van der Waals surface area contributed by atoms with Gasteiger partial charge in [-0.3, -0.25) is 10.3 Å². The number of aromatic nitrogens is 1. The van der Waals surface area contributed by atoms with Gasteiger partial charge in [-0.15, -0.1) is 0 Å². The Labute approximate surface area is 199 Å². The molecule has 1 aliphatic rings. The Hall–Kier alpha value is -4.68. The molecule has 1 N–H and O–H groups in total. The fraction of sp³-hybridized carbons (Fsp3) is 0.115. The quantitative estimate of drug-likeness (QED) is 0.358. The molecule has 4 aromatic rings. The lowest BCUT2D eigenvalue weighted by Gasteiger charge is -2.12. The SMILES string of the molecule is N#Cc1cc2c(Oc3ccc(NC(=O)Oc4ccccc4)c(F)c3)ccnc2cc1OC[C@H]1CO1. The summed E-state index contributed by atoms with van der Waals surface area (Å²) < 4.78 is 36.5. The van der Waals surface area contributed by atoms with Gasteiger partial charge in [-0.05, 0) is 36.4 Å². The van der Waals surface area contributed by atoms with Gasteiger partial charge in [-0.25, -0.2) is 9.18 Å². The molecule has 2 heterocycles. The number of fused-ring (bicyclic) bond motifs is 1. The molecule has 35 heavy (non-hydrogen) atoms. The van der Waals surface area contributed by atoms with Gasteiger partial charge in [0.05, 0.1) is 23.4 Å². The van der Waals surface area contributed by atoms with E-state index in [0.29, 0.717) is 46.9 Å². The van der Waals surface area contributed by atoms with E-state index in [1.54, 1.807) is 54.7 Å². The number of benzene rings is 3. The molecule has 0 spiro atoms. The largest absolute Gasteiger partial charge is 0.489 e. The Balaban J connectivity index is 1.33. The number of hydrogen-bond acceptors (Lipinski definition) is 7. The predicted octanol–water partition coefficient (Wildman–Crippen LogP) is 5.43. The summed E-state index contributed by atoms with van der Waals surface area (Å²) in [7, 11) is 0. The van der Waals surface area contributed by atoms with Crippen LogP contribution in [0.15, 0.2) is 72.9 Å². The molecule has 1 aliphatic heterocycles. The molecule has 1 amide bonds. The summed E-state index contributed by atoms with van der Waals surface area (Å²) in [4.78, 5) is 16.4. The van der Waals surface area contributed by atoms with Gasteiger partial charge in [-0.2, -0.15) is 5.26 Å². The van der Waals surface area contributed by atoms with Crippen molar-refractivity contribution in [1.82, 2.24) is 4.98 Å². The van der Waals surface area contributed by atoms with Crippen LogP contribution in [0.2, 0.25) is 0 Å². The highest BCUT2D eigenvalue weighted by Gasteiger charge is 2.24. The number of epoxide rings is 1. The number of amides is 1. The molecule has 9 heteroatoms. The van der Waals surface area contributed by atoms with Gasteiger partial charge in [-0.1, -0.05) is 18.2 Å². The van der Waals surface area contributed by atoms with E-state index in [1.165, 1.54) is 12.1 Å². The minimum Gasteiger partial charge on any atom is -0.489 e. The molecule has 1 atom stereocenters. The Morgan fingerprint density at radius 1 is 1.11 bits per heavy atom. The number of para-hydroxylation sites is 1.